The third kappa shape index (κ3) is 2.22. The van der Waals surface area contributed by atoms with Crippen molar-refractivity contribution in [2.24, 2.45) is 0 Å². The molecule has 0 unspecified atom stereocenters. The molecule has 1 aromatic rings. The summed E-state index contributed by atoms with van der Waals surface area (Å²) in [7, 11) is 0. The second kappa shape index (κ2) is 4.88. The molecule has 0 radical (unpaired) electrons. The van der Waals surface area contributed by atoms with Crippen molar-refractivity contribution >= 4 is 17.5 Å². The van der Waals surface area contributed by atoms with Crippen LogP contribution in [0.1, 0.15) is 24.8 Å². The Morgan fingerprint density at radius 3 is 2.50 bits per heavy atom. The van der Waals surface area contributed by atoms with E-state index in [4.69, 9.17) is 11.6 Å². The Morgan fingerprint density at radius 2 is 2.00 bits per heavy atom. The summed E-state index contributed by atoms with van der Waals surface area (Å²) in [5.74, 6) is -0.0332. The van der Waals surface area contributed by atoms with Crippen LogP contribution in [-0.2, 0) is 10.2 Å². The summed E-state index contributed by atoms with van der Waals surface area (Å²) in [4.78, 5) is 11.2. The number of benzene rings is 1. The van der Waals surface area contributed by atoms with Crippen LogP contribution in [0.15, 0.2) is 30.3 Å². The molecule has 1 fully saturated rings. The summed E-state index contributed by atoms with van der Waals surface area (Å²) in [6, 6.07) is 10.4. The van der Waals surface area contributed by atoms with Crippen LogP contribution in [0.25, 0.3) is 0 Å². The van der Waals surface area contributed by atoms with Crippen LogP contribution in [0.4, 0.5) is 0 Å². The molecule has 0 saturated heterocycles. The van der Waals surface area contributed by atoms with Gasteiger partial charge in [-0.25, -0.2) is 0 Å². The summed E-state index contributed by atoms with van der Waals surface area (Å²) in [6.07, 6.45) is 3.55. The van der Waals surface area contributed by atoms with Crippen LogP contribution < -0.4 is 5.32 Å². The van der Waals surface area contributed by atoms with Crippen molar-refractivity contribution in [1.82, 2.24) is 5.32 Å². The first kappa shape index (κ1) is 11.5. The van der Waals surface area contributed by atoms with Gasteiger partial charge in [-0.2, -0.15) is 0 Å². The molecule has 2 nitrogen and oxygen atoms in total. The largest absolute Gasteiger partial charge is 0.354 e. The van der Waals surface area contributed by atoms with E-state index in [1.165, 1.54) is 12.0 Å². The van der Waals surface area contributed by atoms with Gasteiger partial charge < -0.3 is 5.32 Å². The zero-order valence-corrected chi connectivity index (χ0v) is 9.96. The third-order valence-electron chi connectivity index (χ3n) is 3.44. The summed E-state index contributed by atoms with van der Waals surface area (Å²) in [5, 5.41) is 2.90. The molecule has 1 N–H and O–H groups in total. The van der Waals surface area contributed by atoms with Gasteiger partial charge in [0.2, 0.25) is 5.91 Å². The van der Waals surface area contributed by atoms with Crippen molar-refractivity contribution < 1.29 is 4.79 Å². The van der Waals surface area contributed by atoms with Gasteiger partial charge in [0.15, 0.2) is 0 Å². The average molecular weight is 238 g/mol. The Balaban J connectivity index is 2.06. The van der Waals surface area contributed by atoms with Crippen molar-refractivity contribution in [3.63, 3.8) is 0 Å². The molecule has 1 aliphatic rings. The molecule has 0 aliphatic heterocycles. The highest BCUT2D eigenvalue weighted by Crippen LogP contribution is 2.43. The van der Waals surface area contributed by atoms with Crippen molar-refractivity contribution in [2.75, 3.05) is 12.4 Å². The lowest BCUT2D eigenvalue weighted by Gasteiger charge is -2.42. The molecule has 0 aromatic heterocycles. The zero-order valence-electron chi connectivity index (χ0n) is 9.21. The normalized spacial score (nSPS) is 17.6. The summed E-state index contributed by atoms with van der Waals surface area (Å²) in [5.41, 5.74) is 1.49. The molecule has 1 aliphatic carbocycles. The second-order valence-electron chi connectivity index (χ2n) is 4.41. The van der Waals surface area contributed by atoms with E-state index in [0.717, 1.165) is 12.8 Å². The Bertz CT molecular complexity index is 359. The molecule has 86 valence electrons. The maximum absolute atomic E-state index is 11.2. The number of halogens is 1. The lowest BCUT2D eigenvalue weighted by atomic mass is 9.64. The molecule has 0 bridgehead atoms. The number of alkyl halides is 1. The molecule has 1 aromatic carbocycles. The Labute approximate surface area is 101 Å². The first-order valence-electron chi connectivity index (χ1n) is 5.65. The highest BCUT2D eigenvalue weighted by molar-refractivity contribution is 6.27. The van der Waals surface area contributed by atoms with E-state index in [2.05, 4.69) is 29.6 Å². The molecule has 3 heteroatoms. The summed E-state index contributed by atoms with van der Waals surface area (Å²) < 4.78 is 0. The topological polar surface area (TPSA) is 29.1 Å². The standard InChI is InChI=1S/C13H16ClNO/c14-9-12(16)15-10-13(7-4-8-13)11-5-2-1-3-6-11/h1-3,5-6H,4,7-10H2,(H,15,16). The number of hydrogen-bond donors (Lipinski definition) is 1. The number of carbonyl (C=O) groups excluding carboxylic acids is 1. The number of amides is 1. The van der Waals surface area contributed by atoms with Crippen LogP contribution in [0.3, 0.4) is 0 Å². The van der Waals surface area contributed by atoms with Gasteiger partial charge in [0, 0.05) is 12.0 Å². The minimum atomic E-state index is -0.0797. The highest BCUT2D eigenvalue weighted by atomic mass is 35.5. The van der Waals surface area contributed by atoms with E-state index >= 15 is 0 Å². The molecule has 0 atom stereocenters. The van der Waals surface area contributed by atoms with E-state index in [1.807, 2.05) is 6.07 Å². The molecule has 1 saturated carbocycles. The predicted molar refractivity (Wildman–Crippen MR) is 65.7 cm³/mol. The SMILES string of the molecule is O=C(CCl)NCC1(c2ccccc2)CCC1. The fourth-order valence-electron chi connectivity index (χ4n) is 2.28. The smallest absolute Gasteiger partial charge is 0.234 e. The molecule has 0 heterocycles. The first-order valence-corrected chi connectivity index (χ1v) is 6.18. The van der Waals surface area contributed by atoms with E-state index in [1.54, 1.807) is 0 Å². The Morgan fingerprint density at radius 1 is 1.31 bits per heavy atom. The molecule has 2 rings (SSSR count). The van der Waals surface area contributed by atoms with Gasteiger partial charge >= 0.3 is 0 Å². The van der Waals surface area contributed by atoms with E-state index in [9.17, 15) is 4.79 Å². The van der Waals surface area contributed by atoms with Gasteiger partial charge in [0.05, 0.1) is 0 Å². The van der Waals surface area contributed by atoms with Crippen molar-refractivity contribution in [3.8, 4) is 0 Å². The van der Waals surface area contributed by atoms with Crippen LogP contribution in [0.5, 0.6) is 0 Å². The third-order valence-corrected chi connectivity index (χ3v) is 3.68. The van der Waals surface area contributed by atoms with E-state index in [0.29, 0.717) is 6.54 Å². The van der Waals surface area contributed by atoms with Crippen LogP contribution in [-0.4, -0.2) is 18.3 Å². The Kier molecular flexibility index (Phi) is 3.49. The lowest BCUT2D eigenvalue weighted by molar-refractivity contribution is -0.119. The monoisotopic (exact) mass is 237 g/mol. The van der Waals surface area contributed by atoms with Gasteiger partial charge in [-0.3, -0.25) is 4.79 Å². The first-order chi connectivity index (χ1) is 7.77. The molecule has 16 heavy (non-hydrogen) atoms. The van der Waals surface area contributed by atoms with Crippen molar-refractivity contribution in [1.29, 1.82) is 0 Å². The van der Waals surface area contributed by atoms with Gasteiger partial charge in [0.1, 0.15) is 5.88 Å². The number of hydrogen-bond acceptors (Lipinski definition) is 1. The van der Waals surface area contributed by atoms with Crippen molar-refractivity contribution in [2.45, 2.75) is 24.7 Å². The maximum Gasteiger partial charge on any atom is 0.234 e. The van der Waals surface area contributed by atoms with E-state index in [-0.39, 0.29) is 17.2 Å². The van der Waals surface area contributed by atoms with Crippen LogP contribution in [0, 0.1) is 0 Å². The fraction of sp³-hybridized carbons (Fsp3) is 0.462. The summed E-state index contributed by atoms with van der Waals surface area (Å²) in [6.45, 7) is 0.711. The number of carbonyl (C=O) groups is 1. The lowest BCUT2D eigenvalue weighted by Crippen LogP contribution is -2.45. The predicted octanol–water partition coefficient (Wildman–Crippen LogP) is 2.46. The highest BCUT2D eigenvalue weighted by Gasteiger charge is 2.38. The van der Waals surface area contributed by atoms with E-state index < -0.39 is 0 Å². The van der Waals surface area contributed by atoms with Crippen LogP contribution >= 0.6 is 11.6 Å². The van der Waals surface area contributed by atoms with Crippen LogP contribution in [0.2, 0.25) is 0 Å². The average Bonchev–Trinajstić information content (AvgIpc) is 2.29. The molecule has 1 amide bonds. The number of rotatable bonds is 4. The minimum absolute atomic E-state index is 0.0465. The Hall–Kier alpha value is -1.02. The minimum Gasteiger partial charge on any atom is -0.354 e. The van der Waals surface area contributed by atoms with Gasteiger partial charge in [-0.05, 0) is 18.4 Å². The molecular weight excluding hydrogens is 222 g/mol. The molecule has 0 spiro atoms. The quantitative estimate of drug-likeness (QED) is 0.801. The number of nitrogens with one attached hydrogen (secondary N) is 1. The molecular formula is C13H16ClNO. The zero-order chi connectivity index (χ0) is 11.4. The summed E-state index contributed by atoms with van der Waals surface area (Å²) >= 11 is 5.48. The van der Waals surface area contributed by atoms with Gasteiger partial charge in [0.25, 0.3) is 0 Å². The van der Waals surface area contributed by atoms with Crippen molar-refractivity contribution in [3.05, 3.63) is 35.9 Å². The second-order valence-corrected chi connectivity index (χ2v) is 4.68. The van der Waals surface area contributed by atoms with Gasteiger partial charge in [-0.15, -0.1) is 11.6 Å². The fourth-order valence-corrected chi connectivity index (χ4v) is 2.37. The maximum atomic E-state index is 11.2. The van der Waals surface area contributed by atoms with Gasteiger partial charge in [-0.1, -0.05) is 36.8 Å².